The summed E-state index contributed by atoms with van der Waals surface area (Å²) in [5, 5.41) is 7.84. The van der Waals surface area contributed by atoms with Gasteiger partial charge in [-0.05, 0) is 84.8 Å². The Labute approximate surface area is 322 Å². The molecule has 3 nitrogen and oxygen atoms in total. The van der Waals surface area contributed by atoms with Crippen molar-refractivity contribution in [1.82, 2.24) is 9.13 Å². The van der Waals surface area contributed by atoms with Gasteiger partial charge in [-0.1, -0.05) is 114 Å². The van der Waals surface area contributed by atoms with Crippen LogP contribution >= 0.6 is 11.3 Å². The maximum atomic E-state index is 2.64. The zero-order chi connectivity index (χ0) is 36.1. The molecule has 8 aromatic carbocycles. The molecule has 0 amide bonds. The molecule has 0 saturated heterocycles. The molecule has 13 rings (SSSR count). The Morgan fingerprint density at radius 3 is 1.91 bits per heavy atom. The molecule has 0 bridgehead atoms. The molecule has 2 aliphatic rings. The average Bonchev–Trinajstić information content (AvgIpc) is 3.88. The van der Waals surface area contributed by atoms with Gasteiger partial charge in [-0.25, -0.2) is 0 Å². The Morgan fingerprint density at radius 2 is 1.11 bits per heavy atom. The van der Waals surface area contributed by atoms with Gasteiger partial charge in [0.15, 0.2) is 0 Å². The van der Waals surface area contributed by atoms with Crippen molar-refractivity contribution < 1.29 is 0 Å². The number of hydrogen-bond donors (Lipinski definition) is 0. The Balaban J connectivity index is 1.27. The van der Waals surface area contributed by atoms with Gasteiger partial charge in [0.2, 0.25) is 0 Å². The summed E-state index contributed by atoms with van der Waals surface area (Å²) < 4.78 is 7.82. The molecule has 0 unspecified atom stereocenters. The van der Waals surface area contributed by atoms with Gasteiger partial charge in [-0.2, -0.15) is 0 Å². The Bertz CT molecular complexity index is 3420. The van der Waals surface area contributed by atoms with E-state index in [0.29, 0.717) is 0 Å². The molecule has 0 N–H and O–H groups in total. The van der Waals surface area contributed by atoms with E-state index in [1.54, 1.807) is 0 Å². The Morgan fingerprint density at radius 1 is 0.455 bits per heavy atom. The van der Waals surface area contributed by atoms with E-state index in [0.717, 1.165) is 5.69 Å². The number of para-hydroxylation sites is 3. The topological polar surface area (TPSA) is 13.1 Å². The highest BCUT2D eigenvalue weighted by molar-refractivity contribution is 7.26. The van der Waals surface area contributed by atoms with E-state index in [9.17, 15) is 0 Å². The molecule has 11 aromatic rings. The summed E-state index contributed by atoms with van der Waals surface area (Å²) >= 11 is 1.90. The second-order valence-electron chi connectivity index (χ2n) is 15.4. The van der Waals surface area contributed by atoms with Crippen molar-refractivity contribution in [3.63, 3.8) is 0 Å². The van der Waals surface area contributed by atoms with Gasteiger partial charge in [0.1, 0.15) is 0 Å². The van der Waals surface area contributed by atoms with Crippen molar-refractivity contribution in [3.8, 4) is 11.4 Å². The maximum absolute atomic E-state index is 2.64. The molecule has 0 radical (unpaired) electrons. The van der Waals surface area contributed by atoms with Crippen LogP contribution < -0.4 is 21.3 Å². The minimum Gasteiger partial charge on any atom is -0.310 e. The lowest BCUT2D eigenvalue weighted by atomic mass is 9.33. The molecule has 0 saturated carbocycles. The van der Waals surface area contributed by atoms with E-state index in [1.165, 1.54) is 114 Å². The van der Waals surface area contributed by atoms with Gasteiger partial charge in [-0.3, -0.25) is 0 Å². The number of aryl methyl sites for hydroxylation is 2. The van der Waals surface area contributed by atoms with Gasteiger partial charge in [0, 0.05) is 64.3 Å². The summed E-state index contributed by atoms with van der Waals surface area (Å²) in [5.41, 5.74) is 17.7. The van der Waals surface area contributed by atoms with E-state index < -0.39 is 0 Å². The van der Waals surface area contributed by atoms with Crippen LogP contribution in [0.15, 0.2) is 158 Å². The smallest absolute Gasteiger partial charge is 0.252 e. The third kappa shape index (κ3) is 3.76. The summed E-state index contributed by atoms with van der Waals surface area (Å²) in [6.07, 6.45) is 0. The second-order valence-corrected chi connectivity index (χ2v) is 16.5. The van der Waals surface area contributed by atoms with Crippen LogP contribution in [0.4, 0.5) is 17.1 Å². The molecular weight excluding hydrogens is 685 g/mol. The lowest BCUT2D eigenvalue weighted by Gasteiger charge is -2.41. The van der Waals surface area contributed by atoms with Crippen LogP contribution in [0.1, 0.15) is 11.1 Å². The molecule has 2 aliphatic heterocycles. The summed E-state index contributed by atoms with van der Waals surface area (Å²) in [5.74, 6) is 0. The second kappa shape index (κ2) is 10.6. The monoisotopic (exact) mass is 717 g/mol. The predicted octanol–water partition coefficient (Wildman–Crippen LogP) is 11.5. The van der Waals surface area contributed by atoms with Crippen molar-refractivity contribution in [3.05, 3.63) is 169 Å². The first-order chi connectivity index (χ1) is 27.1. The highest BCUT2D eigenvalue weighted by Crippen LogP contribution is 2.48. The van der Waals surface area contributed by atoms with Gasteiger partial charge < -0.3 is 14.0 Å². The number of fused-ring (bicyclic) bond motifs is 14. The highest BCUT2D eigenvalue weighted by atomic mass is 32.1. The fourth-order valence-corrected chi connectivity index (χ4v) is 11.3. The van der Waals surface area contributed by atoms with Crippen LogP contribution in [0.5, 0.6) is 0 Å². The summed E-state index contributed by atoms with van der Waals surface area (Å²) in [6.45, 7) is 4.46. The van der Waals surface area contributed by atoms with Crippen LogP contribution in [0.3, 0.4) is 0 Å². The number of hydrogen-bond acceptors (Lipinski definition) is 2. The molecule has 3 aromatic heterocycles. The standard InChI is InChI=1S/C50H32BN3S/c1-29-18-21-31(22-19-29)52-41-24-20-30(2)28-38(41)51-37-14-9-13-34-35-23-27-45-46(36-12-5-8-17-44(36)55-45)49(35)54(48(34)37)42-25-26-43(50(52)47(42)51)53-39-15-6-3-10-32(39)33-11-4-7-16-40(33)53/h3-28H,1-2H3. The Hall–Kier alpha value is -6.56. The largest absolute Gasteiger partial charge is 0.310 e. The third-order valence-corrected chi connectivity index (χ3v) is 13.5. The number of benzene rings is 8. The molecule has 5 heteroatoms. The average molecular weight is 718 g/mol. The molecule has 0 atom stereocenters. The van der Waals surface area contributed by atoms with Gasteiger partial charge in [-0.15, -0.1) is 11.3 Å². The van der Waals surface area contributed by atoms with Gasteiger partial charge in [0.25, 0.3) is 6.71 Å². The summed E-state index contributed by atoms with van der Waals surface area (Å²) in [6, 6.07) is 59.5. The van der Waals surface area contributed by atoms with Crippen LogP contribution in [0, 0.1) is 13.8 Å². The maximum Gasteiger partial charge on any atom is 0.252 e. The minimum atomic E-state index is 0.0462. The molecule has 55 heavy (non-hydrogen) atoms. The van der Waals surface area contributed by atoms with Crippen LogP contribution in [0.25, 0.3) is 75.2 Å². The zero-order valence-corrected chi connectivity index (χ0v) is 31.2. The Kier molecular flexibility index (Phi) is 5.73. The summed E-state index contributed by atoms with van der Waals surface area (Å²) in [7, 11) is 0. The van der Waals surface area contributed by atoms with Crippen LogP contribution in [-0.4, -0.2) is 15.8 Å². The van der Waals surface area contributed by atoms with E-state index in [1.807, 2.05) is 11.3 Å². The van der Waals surface area contributed by atoms with Crippen molar-refractivity contribution in [2.24, 2.45) is 0 Å². The first-order valence-corrected chi connectivity index (χ1v) is 20.0. The molecule has 0 fully saturated rings. The number of thiophene rings is 1. The first kappa shape index (κ1) is 29.8. The lowest BCUT2D eigenvalue weighted by Crippen LogP contribution is -2.60. The molecular formula is C50H32BN3S. The van der Waals surface area contributed by atoms with E-state index in [-0.39, 0.29) is 6.71 Å². The SMILES string of the molecule is Cc1ccc(N2c3ccc(C)cc3B3c4c(ccc(-n5c6ccccc6c6ccccc65)c42)-n2c4c3cccc4c3ccc4sc5ccccc5c4c32)cc1. The van der Waals surface area contributed by atoms with E-state index in [2.05, 4.69) is 186 Å². The zero-order valence-electron chi connectivity index (χ0n) is 30.3. The van der Waals surface area contributed by atoms with Crippen molar-refractivity contribution in [1.29, 1.82) is 0 Å². The molecule has 0 spiro atoms. The third-order valence-electron chi connectivity index (χ3n) is 12.4. The normalized spacial score (nSPS) is 13.2. The van der Waals surface area contributed by atoms with Gasteiger partial charge in [0.05, 0.1) is 27.9 Å². The van der Waals surface area contributed by atoms with Crippen molar-refractivity contribution >= 4 is 115 Å². The van der Waals surface area contributed by atoms with Crippen molar-refractivity contribution in [2.45, 2.75) is 13.8 Å². The molecule has 256 valence electrons. The number of nitrogens with zero attached hydrogens (tertiary/aromatic N) is 3. The van der Waals surface area contributed by atoms with Crippen molar-refractivity contribution in [2.75, 3.05) is 4.90 Å². The fourth-order valence-electron chi connectivity index (χ4n) is 10.2. The number of anilines is 3. The van der Waals surface area contributed by atoms with Gasteiger partial charge >= 0.3 is 0 Å². The predicted molar refractivity (Wildman–Crippen MR) is 237 cm³/mol. The van der Waals surface area contributed by atoms with E-state index >= 15 is 0 Å². The van der Waals surface area contributed by atoms with Crippen LogP contribution in [-0.2, 0) is 0 Å². The quantitative estimate of drug-likeness (QED) is 0.162. The van der Waals surface area contributed by atoms with E-state index in [4.69, 9.17) is 0 Å². The minimum absolute atomic E-state index is 0.0462. The fraction of sp³-hybridized carbons (Fsp3) is 0.0400. The first-order valence-electron chi connectivity index (χ1n) is 19.1. The van der Waals surface area contributed by atoms with Crippen LogP contribution in [0.2, 0.25) is 0 Å². The molecule has 5 heterocycles. The molecule has 0 aliphatic carbocycles. The number of aromatic nitrogens is 2. The summed E-state index contributed by atoms with van der Waals surface area (Å²) in [4.78, 5) is 2.56. The highest BCUT2D eigenvalue weighted by Gasteiger charge is 2.43. The number of rotatable bonds is 2. The lowest BCUT2D eigenvalue weighted by molar-refractivity contribution is 1.13.